The molecule has 1 aromatic carbocycles. The fourth-order valence-corrected chi connectivity index (χ4v) is 2.14. The fourth-order valence-electron chi connectivity index (χ4n) is 1.64. The summed E-state index contributed by atoms with van der Waals surface area (Å²) in [5, 5.41) is 3.69. The van der Waals surface area contributed by atoms with Crippen LogP contribution >= 0.6 is 34.8 Å². The van der Waals surface area contributed by atoms with Crippen LogP contribution in [0.3, 0.4) is 0 Å². The number of carbonyl (C=O) groups excluding carboxylic acids is 1. The van der Waals surface area contributed by atoms with E-state index >= 15 is 0 Å². The van der Waals surface area contributed by atoms with Gasteiger partial charge in [-0.15, -0.1) is 11.6 Å². The fraction of sp³-hybridized carbons (Fsp3) is 0.462. The predicted molar refractivity (Wildman–Crippen MR) is 77.9 cm³/mol. The first-order valence-electron chi connectivity index (χ1n) is 5.76. The van der Waals surface area contributed by atoms with Crippen molar-refractivity contribution in [3.05, 3.63) is 33.8 Å². The van der Waals surface area contributed by atoms with E-state index < -0.39 is 0 Å². The number of benzene rings is 1. The Morgan fingerprint density at radius 3 is 2.44 bits per heavy atom. The van der Waals surface area contributed by atoms with E-state index in [9.17, 15) is 4.79 Å². The van der Waals surface area contributed by atoms with Gasteiger partial charge in [0.05, 0.1) is 10.0 Å². The average molecular weight is 309 g/mol. The molecule has 0 bridgehead atoms. The molecule has 0 aliphatic rings. The zero-order valence-corrected chi connectivity index (χ0v) is 12.6. The number of amides is 1. The van der Waals surface area contributed by atoms with E-state index in [0.717, 1.165) is 6.42 Å². The Kier molecular flexibility index (Phi) is 6.27. The Balaban J connectivity index is 2.71. The topological polar surface area (TPSA) is 29.1 Å². The van der Waals surface area contributed by atoms with Gasteiger partial charge >= 0.3 is 0 Å². The van der Waals surface area contributed by atoms with Crippen LogP contribution in [0.25, 0.3) is 0 Å². The maximum absolute atomic E-state index is 12.0. The van der Waals surface area contributed by atoms with Gasteiger partial charge in [0, 0.05) is 17.5 Å². The summed E-state index contributed by atoms with van der Waals surface area (Å²) in [4.78, 5) is 12.0. The van der Waals surface area contributed by atoms with Crippen LogP contribution < -0.4 is 5.32 Å². The van der Waals surface area contributed by atoms with E-state index in [1.54, 1.807) is 18.2 Å². The van der Waals surface area contributed by atoms with Gasteiger partial charge < -0.3 is 5.32 Å². The number of halogens is 3. The molecule has 0 aromatic heterocycles. The van der Waals surface area contributed by atoms with Gasteiger partial charge in [-0.2, -0.15) is 0 Å². The first-order valence-corrected chi connectivity index (χ1v) is 7.05. The van der Waals surface area contributed by atoms with Gasteiger partial charge in [-0.1, -0.05) is 37.0 Å². The molecule has 0 heterocycles. The number of alkyl halides is 1. The Hall–Kier alpha value is -0.440. The van der Waals surface area contributed by atoms with Crippen LogP contribution in [0.1, 0.15) is 30.6 Å². The average Bonchev–Trinajstić information content (AvgIpc) is 2.31. The Bertz CT molecular complexity index is 421. The molecule has 18 heavy (non-hydrogen) atoms. The molecule has 0 radical (unpaired) electrons. The molecular formula is C13H16Cl3NO. The van der Waals surface area contributed by atoms with Gasteiger partial charge in [0.15, 0.2) is 0 Å². The number of hydrogen-bond donors (Lipinski definition) is 1. The monoisotopic (exact) mass is 307 g/mol. The number of carbonyl (C=O) groups is 1. The van der Waals surface area contributed by atoms with Crippen molar-refractivity contribution < 1.29 is 4.79 Å². The Morgan fingerprint density at radius 2 is 1.94 bits per heavy atom. The third kappa shape index (κ3) is 4.68. The third-order valence-corrected chi connectivity index (χ3v) is 3.57. The third-order valence-electron chi connectivity index (χ3n) is 2.46. The molecule has 0 spiro atoms. The standard InChI is InChI=1S/C13H16Cl3NO/c1-8(2)5-10(7-14)17-13(18)9-3-4-11(15)12(16)6-9/h3-4,6,8,10H,5,7H2,1-2H3,(H,17,18). The van der Waals surface area contributed by atoms with Crippen LogP contribution in [0.15, 0.2) is 18.2 Å². The SMILES string of the molecule is CC(C)CC(CCl)NC(=O)c1ccc(Cl)c(Cl)c1. The van der Waals surface area contributed by atoms with Crippen LogP contribution in [-0.2, 0) is 0 Å². The molecule has 0 fully saturated rings. The van der Waals surface area contributed by atoms with Crippen LogP contribution in [0.5, 0.6) is 0 Å². The van der Waals surface area contributed by atoms with Crippen LogP contribution in [0.4, 0.5) is 0 Å². The molecule has 2 nitrogen and oxygen atoms in total. The number of hydrogen-bond acceptors (Lipinski definition) is 1. The summed E-state index contributed by atoms with van der Waals surface area (Å²) in [6.07, 6.45) is 0.844. The highest BCUT2D eigenvalue weighted by Gasteiger charge is 2.15. The molecule has 0 aliphatic heterocycles. The summed E-state index contributed by atoms with van der Waals surface area (Å²) < 4.78 is 0. The van der Waals surface area contributed by atoms with Gasteiger partial charge in [-0.25, -0.2) is 0 Å². The van der Waals surface area contributed by atoms with Gasteiger partial charge in [0.2, 0.25) is 0 Å². The smallest absolute Gasteiger partial charge is 0.251 e. The van der Waals surface area contributed by atoms with Crippen LogP contribution in [0, 0.1) is 5.92 Å². The summed E-state index contributed by atoms with van der Waals surface area (Å²) in [5.74, 6) is 0.688. The first kappa shape index (κ1) is 15.6. The lowest BCUT2D eigenvalue weighted by Gasteiger charge is -2.18. The van der Waals surface area contributed by atoms with E-state index in [2.05, 4.69) is 19.2 Å². The van der Waals surface area contributed by atoms with Crippen LogP contribution in [0.2, 0.25) is 10.0 Å². The lowest BCUT2D eigenvalue weighted by atomic mass is 10.0. The Morgan fingerprint density at radius 1 is 1.28 bits per heavy atom. The molecule has 1 rings (SSSR count). The molecule has 1 unspecified atom stereocenters. The van der Waals surface area contributed by atoms with E-state index in [4.69, 9.17) is 34.8 Å². The molecular weight excluding hydrogens is 293 g/mol. The van der Waals surface area contributed by atoms with E-state index in [1.165, 1.54) is 0 Å². The minimum atomic E-state index is -0.181. The summed E-state index contributed by atoms with van der Waals surface area (Å²) in [5.41, 5.74) is 0.489. The van der Waals surface area contributed by atoms with Gasteiger partial charge in [0.1, 0.15) is 0 Å². The van der Waals surface area contributed by atoms with E-state index in [1.807, 2.05) is 0 Å². The summed E-state index contributed by atoms with van der Waals surface area (Å²) in [7, 11) is 0. The Labute approximate surface area is 123 Å². The van der Waals surface area contributed by atoms with Crippen molar-refractivity contribution in [2.45, 2.75) is 26.3 Å². The summed E-state index contributed by atoms with van der Waals surface area (Å²) in [6.45, 7) is 4.18. The zero-order valence-electron chi connectivity index (χ0n) is 10.3. The quantitative estimate of drug-likeness (QED) is 0.804. The second-order valence-corrected chi connectivity index (χ2v) is 5.71. The second kappa shape index (κ2) is 7.22. The minimum absolute atomic E-state index is 0.0337. The van der Waals surface area contributed by atoms with E-state index in [-0.39, 0.29) is 11.9 Å². The van der Waals surface area contributed by atoms with Crippen molar-refractivity contribution in [2.75, 3.05) is 5.88 Å². The molecule has 0 saturated heterocycles. The molecule has 1 N–H and O–H groups in total. The molecule has 1 aromatic rings. The van der Waals surface area contributed by atoms with Crippen LogP contribution in [-0.4, -0.2) is 17.8 Å². The number of nitrogens with one attached hydrogen (secondary N) is 1. The highest BCUT2D eigenvalue weighted by atomic mass is 35.5. The van der Waals surface area contributed by atoms with Crippen molar-refractivity contribution >= 4 is 40.7 Å². The highest BCUT2D eigenvalue weighted by molar-refractivity contribution is 6.42. The lowest BCUT2D eigenvalue weighted by molar-refractivity contribution is 0.0936. The maximum atomic E-state index is 12.0. The van der Waals surface area contributed by atoms with Crippen molar-refractivity contribution in [1.82, 2.24) is 5.32 Å². The van der Waals surface area contributed by atoms with E-state index in [0.29, 0.717) is 27.4 Å². The molecule has 0 saturated carbocycles. The highest BCUT2D eigenvalue weighted by Crippen LogP contribution is 2.22. The van der Waals surface area contributed by atoms with Crippen molar-refractivity contribution in [2.24, 2.45) is 5.92 Å². The summed E-state index contributed by atoms with van der Waals surface area (Å²) in [6, 6.07) is 4.77. The molecule has 100 valence electrons. The molecule has 5 heteroatoms. The summed E-state index contributed by atoms with van der Waals surface area (Å²) >= 11 is 17.5. The maximum Gasteiger partial charge on any atom is 0.251 e. The van der Waals surface area contributed by atoms with Crippen molar-refractivity contribution in [1.29, 1.82) is 0 Å². The minimum Gasteiger partial charge on any atom is -0.348 e. The normalized spacial score (nSPS) is 12.6. The number of rotatable bonds is 5. The second-order valence-electron chi connectivity index (χ2n) is 4.58. The van der Waals surface area contributed by atoms with Gasteiger partial charge in [-0.05, 0) is 30.5 Å². The predicted octanol–water partition coefficient (Wildman–Crippen LogP) is 4.38. The van der Waals surface area contributed by atoms with Crippen molar-refractivity contribution in [3.63, 3.8) is 0 Å². The lowest BCUT2D eigenvalue weighted by Crippen LogP contribution is -2.37. The zero-order chi connectivity index (χ0) is 13.7. The van der Waals surface area contributed by atoms with Crippen molar-refractivity contribution in [3.8, 4) is 0 Å². The molecule has 1 atom stereocenters. The van der Waals surface area contributed by atoms with Gasteiger partial charge in [0.25, 0.3) is 5.91 Å². The van der Waals surface area contributed by atoms with Gasteiger partial charge in [-0.3, -0.25) is 4.79 Å². The molecule has 0 aliphatic carbocycles. The largest absolute Gasteiger partial charge is 0.348 e. The first-order chi connectivity index (χ1) is 8.43. The molecule has 1 amide bonds.